The average molecular weight is 193 g/mol. The van der Waals surface area contributed by atoms with Crippen LogP contribution in [-0.4, -0.2) is 16.5 Å². The maximum absolute atomic E-state index is 4.13. The topological polar surface area (TPSA) is 37.8 Å². The van der Waals surface area contributed by atoms with Crippen molar-refractivity contribution in [1.29, 1.82) is 0 Å². The molecule has 1 rings (SSSR count). The van der Waals surface area contributed by atoms with E-state index in [0.717, 1.165) is 24.0 Å². The predicted molar refractivity (Wildman–Crippen MR) is 59.3 cm³/mol. The summed E-state index contributed by atoms with van der Waals surface area (Å²) in [6, 6.07) is 1.97. The van der Waals surface area contributed by atoms with Gasteiger partial charge < -0.3 is 5.32 Å². The average Bonchev–Trinajstić information content (AvgIpc) is 2.12. The van der Waals surface area contributed by atoms with Gasteiger partial charge in [-0.1, -0.05) is 13.8 Å². The molecular weight excluding hydrogens is 174 g/mol. The summed E-state index contributed by atoms with van der Waals surface area (Å²) < 4.78 is 0. The summed E-state index contributed by atoms with van der Waals surface area (Å²) in [5.41, 5.74) is 1.01. The number of hydrogen-bond donors (Lipinski definition) is 1. The molecule has 3 nitrogen and oxygen atoms in total. The van der Waals surface area contributed by atoms with Crippen LogP contribution in [0.25, 0.3) is 0 Å². The van der Waals surface area contributed by atoms with E-state index in [9.17, 15) is 0 Å². The maximum Gasteiger partial charge on any atom is 0.129 e. The molecule has 1 heterocycles. The second-order valence-electron chi connectivity index (χ2n) is 4.01. The fraction of sp³-hybridized carbons (Fsp3) is 0.636. The van der Waals surface area contributed by atoms with Gasteiger partial charge in [-0.3, -0.25) is 0 Å². The van der Waals surface area contributed by atoms with Crippen molar-refractivity contribution >= 4 is 5.82 Å². The molecular formula is C11H19N3. The highest BCUT2D eigenvalue weighted by Gasteiger charge is 1.96. The van der Waals surface area contributed by atoms with Gasteiger partial charge >= 0.3 is 0 Å². The number of nitrogens with zero attached hydrogens (tertiary/aromatic N) is 2. The molecule has 0 aliphatic heterocycles. The quantitative estimate of drug-likeness (QED) is 0.730. The Morgan fingerprint density at radius 2 is 2.14 bits per heavy atom. The van der Waals surface area contributed by atoms with Gasteiger partial charge in [0.15, 0.2) is 0 Å². The van der Waals surface area contributed by atoms with Crippen molar-refractivity contribution in [1.82, 2.24) is 9.97 Å². The molecule has 0 fully saturated rings. The summed E-state index contributed by atoms with van der Waals surface area (Å²) >= 11 is 0. The molecule has 1 aromatic heterocycles. The molecule has 14 heavy (non-hydrogen) atoms. The number of aromatic nitrogens is 2. The fourth-order valence-corrected chi connectivity index (χ4v) is 1.28. The summed E-state index contributed by atoms with van der Waals surface area (Å²) in [4.78, 5) is 8.18. The van der Waals surface area contributed by atoms with Crippen LogP contribution >= 0.6 is 0 Å². The lowest BCUT2D eigenvalue weighted by atomic mass is 10.1. The van der Waals surface area contributed by atoms with Gasteiger partial charge in [0.2, 0.25) is 0 Å². The molecule has 0 aliphatic carbocycles. The van der Waals surface area contributed by atoms with Crippen LogP contribution in [0.5, 0.6) is 0 Å². The molecule has 0 saturated heterocycles. The van der Waals surface area contributed by atoms with Crippen molar-refractivity contribution in [3.8, 4) is 0 Å². The van der Waals surface area contributed by atoms with E-state index < -0.39 is 0 Å². The van der Waals surface area contributed by atoms with Crippen molar-refractivity contribution in [2.45, 2.75) is 33.6 Å². The zero-order valence-electron chi connectivity index (χ0n) is 9.25. The fourth-order valence-electron chi connectivity index (χ4n) is 1.28. The first-order chi connectivity index (χ1) is 6.68. The lowest BCUT2D eigenvalue weighted by Gasteiger charge is -2.06. The molecule has 0 aromatic carbocycles. The highest BCUT2D eigenvalue weighted by atomic mass is 15.0. The van der Waals surface area contributed by atoms with Crippen LogP contribution in [0, 0.1) is 12.8 Å². The first kappa shape index (κ1) is 11.0. The Labute approximate surface area is 86.0 Å². The third-order valence-electron chi connectivity index (χ3n) is 2.07. The molecule has 0 unspecified atom stereocenters. The molecule has 0 bridgehead atoms. The van der Waals surface area contributed by atoms with E-state index in [1.54, 1.807) is 6.33 Å². The summed E-state index contributed by atoms with van der Waals surface area (Å²) in [7, 11) is 0. The van der Waals surface area contributed by atoms with Crippen molar-refractivity contribution < 1.29 is 0 Å². The summed E-state index contributed by atoms with van der Waals surface area (Å²) in [6.07, 6.45) is 4.05. The van der Waals surface area contributed by atoms with Crippen LogP contribution in [0.3, 0.4) is 0 Å². The van der Waals surface area contributed by atoms with E-state index in [0.29, 0.717) is 0 Å². The van der Waals surface area contributed by atoms with E-state index in [1.165, 1.54) is 12.8 Å². The minimum Gasteiger partial charge on any atom is -0.370 e. The Morgan fingerprint density at radius 3 is 2.79 bits per heavy atom. The Hall–Kier alpha value is -1.12. The second kappa shape index (κ2) is 5.58. The zero-order valence-corrected chi connectivity index (χ0v) is 9.25. The number of rotatable bonds is 5. The minimum absolute atomic E-state index is 0.781. The maximum atomic E-state index is 4.13. The largest absolute Gasteiger partial charge is 0.370 e. The monoisotopic (exact) mass is 193 g/mol. The van der Waals surface area contributed by atoms with E-state index in [-0.39, 0.29) is 0 Å². The van der Waals surface area contributed by atoms with Gasteiger partial charge in [-0.2, -0.15) is 0 Å². The molecule has 1 N–H and O–H groups in total. The summed E-state index contributed by atoms with van der Waals surface area (Å²) in [6.45, 7) is 7.46. The lowest BCUT2D eigenvalue weighted by molar-refractivity contribution is 0.566. The van der Waals surface area contributed by atoms with Gasteiger partial charge in [-0.15, -0.1) is 0 Å². The third-order valence-corrected chi connectivity index (χ3v) is 2.07. The van der Waals surface area contributed by atoms with Crippen LogP contribution in [0.15, 0.2) is 12.4 Å². The van der Waals surface area contributed by atoms with E-state index in [4.69, 9.17) is 0 Å². The summed E-state index contributed by atoms with van der Waals surface area (Å²) in [5, 5.41) is 3.29. The van der Waals surface area contributed by atoms with Crippen LogP contribution in [0.1, 0.15) is 32.4 Å². The first-order valence-corrected chi connectivity index (χ1v) is 5.21. The van der Waals surface area contributed by atoms with Crippen molar-refractivity contribution in [3.63, 3.8) is 0 Å². The number of nitrogens with one attached hydrogen (secondary N) is 1. The highest BCUT2D eigenvalue weighted by Crippen LogP contribution is 2.06. The van der Waals surface area contributed by atoms with Gasteiger partial charge in [0.25, 0.3) is 0 Å². The molecule has 0 saturated carbocycles. The molecule has 1 aromatic rings. The zero-order chi connectivity index (χ0) is 10.4. The normalized spacial score (nSPS) is 10.6. The molecule has 0 aliphatic rings. The smallest absolute Gasteiger partial charge is 0.129 e. The van der Waals surface area contributed by atoms with E-state index in [1.807, 2.05) is 13.0 Å². The molecule has 78 valence electrons. The lowest BCUT2D eigenvalue weighted by Crippen LogP contribution is -2.05. The van der Waals surface area contributed by atoms with Gasteiger partial charge in [0, 0.05) is 18.3 Å². The minimum atomic E-state index is 0.781. The molecule has 0 radical (unpaired) electrons. The van der Waals surface area contributed by atoms with E-state index >= 15 is 0 Å². The Bertz CT molecular complexity index is 271. The molecule has 0 atom stereocenters. The summed E-state index contributed by atoms with van der Waals surface area (Å²) in [5.74, 6) is 1.71. The van der Waals surface area contributed by atoms with Crippen LogP contribution < -0.4 is 5.32 Å². The third kappa shape index (κ3) is 4.21. The number of aryl methyl sites for hydroxylation is 1. The Kier molecular flexibility index (Phi) is 4.36. The Balaban J connectivity index is 2.25. The second-order valence-corrected chi connectivity index (χ2v) is 4.01. The Morgan fingerprint density at radius 1 is 1.36 bits per heavy atom. The first-order valence-electron chi connectivity index (χ1n) is 5.21. The SMILES string of the molecule is Cc1cc(NCCCC(C)C)ncn1. The molecule has 0 spiro atoms. The standard InChI is InChI=1S/C11H19N3/c1-9(2)5-4-6-12-11-7-10(3)13-8-14-11/h7-9H,4-6H2,1-3H3,(H,12,13,14). The number of hydrogen-bond acceptors (Lipinski definition) is 3. The highest BCUT2D eigenvalue weighted by molar-refractivity contribution is 5.33. The van der Waals surface area contributed by atoms with Crippen molar-refractivity contribution in [2.75, 3.05) is 11.9 Å². The van der Waals surface area contributed by atoms with Crippen LogP contribution in [0.2, 0.25) is 0 Å². The predicted octanol–water partition coefficient (Wildman–Crippen LogP) is 2.63. The van der Waals surface area contributed by atoms with E-state index in [2.05, 4.69) is 29.1 Å². The van der Waals surface area contributed by atoms with Crippen LogP contribution in [0.4, 0.5) is 5.82 Å². The molecule has 3 heteroatoms. The van der Waals surface area contributed by atoms with Crippen LogP contribution in [-0.2, 0) is 0 Å². The van der Waals surface area contributed by atoms with Gasteiger partial charge in [-0.25, -0.2) is 9.97 Å². The number of anilines is 1. The van der Waals surface area contributed by atoms with Gasteiger partial charge in [0.05, 0.1) is 0 Å². The molecule has 0 amide bonds. The van der Waals surface area contributed by atoms with Crippen molar-refractivity contribution in [3.05, 3.63) is 18.1 Å². The van der Waals surface area contributed by atoms with Crippen molar-refractivity contribution in [2.24, 2.45) is 5.92 Å². The van der Waals surface area contributed by atoms with Gasteiger partial charge in [-0.05, 0) is 25.7 Å². The van der Waals surface area contributed by atoms with Gasteiger partial charge in [0.1, 0.15) is 12.1 Å².